The van der Waals surface area contributed by atoms with Crippen LogP contribution in [0.4, 0.5) is 0 Å². The Bertz CT molecular complexity index is 905. The van der Waals surface area contributed by atoms with Gasteiger partial charge in [0.1, 0.15) is 5.69 Å². The first-order valence-corrected chi connectivity index (χ1v) is 6.78. The SMILES string of the molecule is C[n+]1cn(-c2ccccc2)c2cc3ccccc3cc21. The smallest absolute Gasteiger partial charge is 0.232 e. The number of para-hydroxylation sites is 1. The molecule has 0 radical (unpaired) electrons. The van der Waals surface area contributed by atoms with Crippen LogP contribution in [0.3, 0.4) is 0 Å². The fraction of sp³-hybridized carbons (Fsp3) is 0.0556. The summed E-state index contributed by atoms with van der Waals surface area (Å²) in [5.74, 6) is 0. The lowest BCUT2D eigenvalue weighted by Crippen LogP contribution is -2.25. The predicted octanol–water partition coefficient (Wildman–Crippen LogP) is 3.61. The molecule has 1 aromatic heterocycles. The summed E-state index contributed by atoms with van der Waals surface area (Å²) in [6.45, 7) is 0. The van der Waals surface area contributed by atoms with Crippen LogP contribution in [0.15, 0.2) is 73.1 Å². The van der Waals surface area contributed by atoms with E-state index >= 15 is 0 Å². The van der Waals surface area contributed by atoms with E-state index in [0.717, 1.165) is 0 Å². The van der Waals surface area contributed by atoms with Gasteiger partial charge in [-0.15, -0.1) is 0 Å². The zero-order chi connectivity index (χ0) is 13.5. The Kier molecular flexibility index (Phi) is 2.36. The molecular weight excluding hydrogens is 244 g/mol. The highest BCUT2D eigenvalue weighted by atomic mass is 15.1. The summed E-state index contributed by atoms with van der Waals surface area (Å²) in [6.07, 6.45) is 2.14. The van der Waals surface area contributed by atoms with Crippen molar-refractivity contribution >= 4 is 21.8 Å². The van der Waals surface area contributed by atoms with E-state index in [-0.39, 0.29) is 0 Å². The third-order valence-electron chi connectivity index (χ3n) is 3.81. The number of aryl methyl sites for hydroxylation is 1. The molecule has 0 saturated heterocycles. The molecule has 0 saturated carbocycles. The van der Waals surface area contributed by atoms with E-state index in [4.69, 9.17) is 0 Å². The van der Waals surface area contributed by atoms with Crippen molar-refractivity contribution in [1.29, 1.82) is 0 Å². The molecule has 4 rings (SSSR count). The molecule has 2 heteroatoms. The van der Waals surface area contributed by atoms with Crippen LogP contribution in [0.5, 0.6) is 0 Å². The minimum Gasteiger partial charge on any atom is -0.232 e. The summed E-state index contributed by atoms with van der Waals surface area (Å²) >= 11 is 0. The van der Waals surface area contributed by atoms with Gasteiger partial charge in [-0.05, 0) is 35.0 Å². The van der Waals surface area contributed by atoms with Crippen LogP contribution < -0.4 is 4.57 Å². The number of benzene rings is 3. The number of imidazole rings is 1. The van der Waals surface area contributed by atoms with Crippen molar-refractivity contribution in [2.24, 2.45) is 7.05 Å². The molecule has 0 fully saturated rings. The molecule has 0 aliphatic rings. The molecule has 0 unspecified atom stereocenters. The second kappa shape index (κ2) is 4.20. The van der Waals surface area contributed by atoms with Crippen LogP contribution in [0, 0.1) is 0 Å². The molecule has 0 N–H and O–H groups in total. The fourth-order valence-electron chi connectivity index (χ4n) is 2.78. The Balaban J connectivity index is 2.10. The second-order valence-corrected chi connectivity index (χ2v) is 5.12. The number of nitrogens with zero attached hydrogens (tertiary/aromatic N) is 2. The molecule has 4 aromatic rings. The number of hydrogen-bond donors (Lipinski definition) is 0. The molecule has 0 bridgehead atoms. The van der Waals surface area contributed by atoms with Crippen LogP contribution in [-0.4, -0.2) is 4.57 Å². The molecule has 0 aliphatic carbocycles. The van der Waals surface area contributed by atoms with E-state index in [9.17, 15) is 0 Å². The van der Waals surface area contributed by atoms with Gasteiger partial charge in [-0.2, -0.15) is 4.57 Å². The molecule has 3 aromatic carbocycles. The van der Waals surface area contributed by atoms with Crippen molar-refractivity contribution < 1.29 is 4.57 Å². The maximum Gasteiger partial charge on any atom is 0.249 e. The molecule has 0 spiro atoms. The molecule has 0 atom stereocenters. The molecule has 2 nitrogen and oxygen atoms in total. The van der Waals surface area contributed by atoms with Crippen LogP contribution in [0.25, 0.3) is 27.5 Å². The standard InChI is InChI=1S/C18H15N2/c1-19-13-20(16-9-3-2-4-10-16)18-12-15-8-6-5-7-14(15)11-17(18)19/h2-13H,1H3/q+1. The van der Waals surface area contributed by atoms with Crippen molar-refractivity contribution in [2.75, 3.05) is 0 Å². The zero-order valence-electron chi connectivity index (χ0n) is 11.3. The average molecular weight is 259 g/mol. The Hall–Kier alpha value is -2.61. The lowest BCUT2D eigenvalue weighted by molar-refractivity contribution is -0.645. The van der Waals surface area contributed by atoms with Gasteiger partial charge in [-0.25, -0.2) is 4.57 Å². The van der Waals surface area contributed by atoms with E-state index in [0.29, 0.717) is 0 Å². The van der Waals surface area contributed by atoms with Gasteiger partial charge in [-0.3, -0.25) is 0 Å². The van der Waals surface area contributed by atoms with Crippen molar-refractivity contribution in [3.63, 3.8) is 0 Å². The predicted molar refractivity (Wildman–Crippen MR) is 82.0 cm³/mol. The second-order valence-electron chi connectivity index (χ2n) is 5.12. The van der Waals surface area contributed by atoms with Gasteiger partial charge in [0.25, 0.3) is 0 Å². The first-order valence-electron chi connectivity index (χ1n) is 6.78. The minimum absolute atomic E-state index is 1.19. The van der Waals surface area contributed by atoms with Crippen LogP contribution in [0.2, 0.25) is 0 Å². The molecule has 0 aliphatic heterocycles. The lowest BCUT2D eigenvalue weighted by atomic mass is 10.1. The molecule has 20 heavy (non-hydrogen) atoms. The quantitative estimate of drug-likeness (QED) is 0.462. The van der Waals surface area contributed by atoms with E-state index < -0.39 is 0 Å². The first kappa shape index (κ1) is 11.2. The Morgan fingerprint density at radius 2 is 1.45 bits per heavy atom. The van der Waals surface area contributed by atoms with E-state index in [1.807, 2.05) is 6.07 Å². The first-order chi connectivity index (χ1) is 9.83. The van der Waals surface area contributed by atoms with E-state index in [1.54, 1.807) is 0 Å². The molecule has 0 amide bonds. The Morgan fingerprint density at radius 1 is 0.800 bits per heavy atom. The topological polar surface area (TPSA) is 8.81 Å². The number of hydrogen-bond acceptors (Lipinski definition) is 0. The van der Waals surface area contributed by atoms with Gasteiger partial charge < -0.3 is 0 Å². The lowest BCUT2D eigenvalue weighted by Gasteiger charge is -1.99. The highest BCUT2D eigenvalue weighted by Crippen LogP contribution is 2.23. The summed E-state index contributed by atoms with van der Waals surface area (Å²) in [5.41, 5.74) is 3.67. The van der Waals surface area contributed by atoms with Crippen molar-refractivity contribution in [3.05, 3.63) is 73.1 Å². The highest BCUT2D eigenvalue weighted by molar-refractivity contribution is 5.94. The van der Waals surface area contributed by atoms with Gasteiger partial charge in [0, 0.05) is 0 Å². The van der Waals surface area contributed by atoms with Crippen molar-refractivity contribution in [2.45, 2.75) is 0 Å². The monoisotopic (exact) mass is 259 g/mol. The van der Waals surface area contributed by atoms with Crippen LogP contribution >= 0.6 is 0 Å². The van der Waals surface area contributed by atoms with Gasteiger partial charge in [0.2, 0.25) is 6.33 Å². The van der Waals surface area contributed by atoms with Crippen molar-refractivity contribution in [1.82, 2.24) is 4.57 Å². The summed E-state index contributed by atoms with van der Waals surface area (Å²) in [5, 5.41) is 2.55. The number of rotatable bonds is 1. The highest BCUT2D eigenvalue weighted by Gasteiger charge is 2.15. The molecule has 1 heterocycles. The fourth-order valence-corrected chi connectivity index (χ4v) is 2.78. The van der Waals surface area contributed by atoms with Crippen LogP contribution in [-0.2, 0) is 7.05 Å². The summed E-state index contributed by atoms with van der Waals surface area (Å²) in [7, 11) is 2.09. The molecular formula is C18H15N2+. The summed E-state index contributed by atoms with van der Waals surface area (Å²) in [6, 6.07) is 23.5. The largest absolute Gasteiger partial charge is 0.249 e. The summed E-state index contributed by atoms with van der Waals surface area (Å²) in [4.78, 5) is 0. The third-order valence-corrected chi connectivity index (χ3v) is 3.81. The minimum atomic E-state index is 1.19. The third kappa shape index (κ3) is 1.62. The maximum atomic E-state index is 2.26. The summed E-state index contributed by atoms with van der Waals surface area (Å²) < 4.78 is 4.41. The maximum absolute atomic E-state index is 2.26. The van der Waals surface area contributed by atoms with E-state index in [2.05, 4.69) is 83.2 Å². The zero-order valence-corrected chi connectivity index (χ0v) is 11.3. The number of aromatic nitrogens is 2. The van der Waals surface area contributed by atoms with E-state index in [1.165, 1.54) is 27.5 Å². The number of fused-ring (bicyclic) bond motifs is 2. The molecule has 96 valence electrons. The normalized spacial score (nSPS) is 11.2. The van der Waals surface area contributed by atoms with Gasteiger partial charge in [0.15, 0.2) is 11.0 Å². The van der Waals surface area contributed by atoms with Crippen LogP contribution in [0.1, 0.15) is 0 Å². The van der Waals surface area contributed by atoms with Gasteiger partial charge in [0.05, 0.1) is 7.05 Å². The van der Waals surface area contributed by atoms with Gasteiger partial charge in [-0.1, -0.05) is 42.5 Å². The average Bonchev–Trinajstić information content (AvgIpc) is 2.83. The Labute approximate surface area is 117 Å². The Morgan fingerprint density at radius 3 is 2.20 bits per heavy atom. The van der Waals surface area contributed by atoms with Gasteiger partial charge >= 0.3 is 0 Å². The van der Waals surface area contributed by atoms with Crippen molar-refractivity contribution in [3.8, 4) is 5.69 Å².